The molecular weight excluding hydrogens is 451 g/mol. The van der Waals surface area contributed by atoms with Crippen LogP contribution in [0.5, 0.6) is 0 Å². The molecule has 2 fully saturated rings. The highest BCUT2D eigenvalue weighted by atomic mass is 127. The monoisotopic (exact) mass is 484 g/mol. The smallest absolute Gasteiger partial charge is 0.243 e. The largest absolute Gasteiger partial charge is 0.376 e. The van der Waals surface area contributed by atoms with Gasteiger partial charge in [0.25, 0.3) is 0 Å². The number of carbonyl (C=O) groups is 1. The van der Waals surface area contributed by atoms with Crippen molar-refractivity contribution < 1.29 is 9.53 Å². The Hall–Kier alpha value is -0.220. The number of aliphatic imine (C=N–C) groups is 1. The summed E-state index contributed by atoms with van der Waals surface area (Å²) in [7, 11) is 3.52. The molecule has 1 aliphatic carbocycles. The second-order valence-electron chi connectivity index (χ2n) is 6.83. The number of guanidine groups is 1. The van der Waals surface area contributed by atoms with Gasteiger partial charge in [0.15, 0.2) is 5.96 Å². The minimum absolute atomic E-state index is 0. The van der Waals surface area contributed by atoms with Crippen LogP contribution in [-0.4, -0.2) is 74.2 Å². The summed E-state index contributed by atoms with van der Waals surface area (Å²) in [4.78, 5) is 17.9. The minimum Gasteiger partial charge on any atom is -0.376 e. The van der Waals surface area contributed by atoms with Gasteiger partial charge in [0.2, 0.25) is 5.91 Å². The first-order valence-electron chi connectivity index (χ1n) is 8.98. The summed E-state index contributed by atoms with van der Waals surface area (Å²) >= 11 is 1.95. The van der Waals surface area contributed by atoms with Crippen molar-refractivity contribution in [2.24, 2.45) is 4.99 Å². The molecule has 1 heterocycles. The summed E-state index contributed by atoms with van der Waals surface area (Å²) < 4.78 is 5.67. The number of hydrogen-bond acceptors (Lipinski definition) is 4. The first kappa shape index (κ1) is 22.8. The Kier molecular flexibility index (Phi) is 11.2. The number of ether oxygens (including phenoxy) is 1. The van der Waals surface area contributed by atoms with E-state index in [2.05, 4.69) is 21.9 Å². The highest BCUT2D eigenvalue weighted by Gasteiger charge is 2.23. The summed E-state index contributed by atoms with van der Waals surface area (Å²) in [5, 5.41) is 7.63. The van der Waals surface area contributed by atoms with E-state index in [-0.39, 0.29) is 42.5 Å². The zero-order valence-corrected chi connectivity index (χ0v) is 18.8. The van der Waals surface area contributed by atoms with Gasteiger partial charge >= 0.3 is 0 Å². The number of nitrogens with one attached hydrogen (secondary N) is 2. The quantitative estimate of drug-likeness (QED) is 0.344. The molecule has 6 nitrogen and oxygen atoms in total. The molecule has 1 saturated heterocycles. The fourth-order valence-corrected chi connectivity index (χ4v) is 3.97. The molecule has 0 spiro atoms. The predicted molar refractivity (Wildman–Crippen MR) is 116 cm³/mol. The van der Waals surface area contributed by atoms with Crippen LogP contribution in [0.2, 0.25) is 0 Å². The Morgan fingerprint density at radius 3 is 2.72 bits per heavy atom. The van der Waals surface area contributed by atoms with Crippen LogP contribution in [0.3, 0.4) is 0 Å². The highest BCUT2D eigenvalue weighted by Crippen LogP contribution is 2.26. The molecule has 146 valence electrons. The highest BCUT2D eigenvalue weighted by molar-refractivity contribution is 14.0. The molecular formula is C17H33IN4O2S. The van der Waals surface area contributed by atoms with Gasteiger partial charge in [0, 0.05) is 38.5 Å². The van der Waals surface area contributed by atoms with Crippen LogP contribution in [0, 0.1) is 0 Å². The van der Waals surface area contributed by atoms with Crippen LogP contribution in [0.25, 0.3) is 0 Å². The van der Waals surface area contributed by atoms with Gasteiger partial charge in [-0.2, -0.15) is 11.8 Å². The maximum Gasteiger partial charge on any atom is 0.243 e. The maximum absolute atomic E-state index is 11.8. The van der Waals surface area contributed by atoms with Crippen molar-refractivity contribution in [1.82, 2.24) is 15.5 Å². The van der Waals surface area contributed by atoms with Crippen molar-refractivity contribution in [2.45, 2.75) is 55.9 Å². The summed E-state index contributed by atoms with van der Waals surface area (Å²) in [6.45, 7) is 1.77. The Morgan fingerprint density at radius 1 is 1.28 bits per heavy atom. The van der Waals surface area contributed by atoms with Crippen LogP contribution < -0.4 is 10.6 Å². The van der Waals surface area contributed by atoms with Gasteiger partial charge in [-0.05, 0) is 38.4 Å². The topological polar surface area (TPSA) is 66.0 Å². The summed E-state index contributed by atoms with van der Waals surface area (Å²) in [5.74, 6) is 0.756. The molecule has 25 heavy (non-hydrogen) atoms. The number of halogens is 1. The third kappa shape index (κ3) is 8.34. The molecule has 3 unspecified atom stereocenters. The van der Waals surface area contributed by atoms with E-state index in [4.69, 9.17) is 4.74 Å². The van der Waals surface area contributed by atoms with Crippen molar-refractivity contribution >= 4 is 47.6 Å². The number of amides is 1. The average Bonchev–Trinajstić information content (AvgIpc) is 3.10. The fraction of sp³-hybridized carbons (Fsp3) is 0.882. The van der Waals surface area contributed by atoms with Crippen molar-refractivity contribution in [3.05, 3.63) is 0 Å². The lowest BCUT2D eigenvalue weighted by Crippen LogP contribution is -2.48. The molecule has 1 aliphatic heterocycles. The molecule has 2 N–H and O–H groups in total. The lowest BCUT2D eigenvalue weighted by atomic mass is 9.95. The summed E-state index contributed by atoms with van der Waals surface area (Å²) in [6.07, 6.45) is 9.54. The van der Waals surface area contributed by atoms with Crippen LogP contribution in [0.15, 0.2) is 4.99 Å². The molecule has 8 heteroatoms. The molecule has 2 rings (SSSR count). The first-order valence-corrected chi connectivity index (χ1v) is 10.3. The molecule has 1 saturated carbocycles. The number of nitrogens with zero attached hydrogens (tertiary/aromatic N) is 2. The van der Waals surface area contributed by atoms with E-state index in [1.54, 1.807) is 19.0 Å². The van der Waals surface area contributed by atoms with Gasteiger partial charge < -0.3 is 20.3 Å². The van der Waals surface area contributed by atoms with Crippen molar-refractivity contribution in [2.75, 3.05) is 40.0 Å². The van der Waals surface area contributed by atoms with Gasteiger partial charge in [-0.1, -0.05) is 6.42 Å². The second-order valence-corrected chi connectivity index (χ2v) is 7.97. The molecule has 2 aliphatic rings. The number of carbonyl (C=O) groups excluding carboxylic acids is 1. The van der Waals surface area contributed by atoms with Gasteiger partial charge in [-0.25, -0.2) is 4.99 Å². The summed E-state index contributed by atoms with van der Waals surface area (Å²) in [6, 6.07) is 0.432. The lowest BCUT2D eigenvalue weighted by Gasteiger charge is -2.30. The summed E-state index contributed by atoms with van der Waals surface area (Å²) in [5.41, 5.74) is 0. The Morgan fingerprint density at radius 2 is 2.08 bits per heavy atom. The third-order valence-electron chi connectivity index (χ3n) is 4.69. The Balaban J connectivity index is 0.00000312. The molecule has 0 aromatic carbocycles. The number of hydrogen-bond donors (Lipinski definition) is 2. The van der Waals surface area contributed by atoms with E-state index in [1.165, 1.54) is 19.3 Å². The molecule has 3 atom stereocenters. The minimum atomic E-state index is 0. The third-order valence-corrected chi connectivity index (χ3v) is 5.79. The van der Waals surface area contributed by atoms with E-state index < -0.39 is 0 Å². The molecule has 0 radical (unpaired) electrons. The Bertz CT molecular complexity index is 431. The SMILES string of the molecule is CSC1CCCC(NC(=NCC(=O)N(C)C)NCC2CCCO2)C1.I. The first-order chi connectivity index (χ1) is 11.6. The number of thioether (sulfide) groups is 1. The fourth-order valence-electron chi connectivity index (χ4n) is 3.14. The lowest BCUT2D eigenvalue weighted by molar-refractivity contribution is -0.127. The maximum atomic E-state index is 11.8. The Labute approximate surface area is 173 Å². The molecule has 0 aromatic heterocycles. The van der Waals surface area contributed by atoms with E-state index in [0.717, 1.165) is 43.6 Å². The molecule has 0 bridgehead atoms. The van der Waals surface area contributed by atoms with E-state index in [9.17, 15) is 4.79 Å². The molecule has 1 amide bonds. The zero-order valence-electron chi connectivity index (χ0n) is 15.6. The standard InChI is InChI=1S/C17H32N4O2S.HI/c1-21(2)16(22)12-19-17(18-11-14-7-5-9-23-14)20-13-6-4-8-15(10-13)24-3;/h13-15H,4-12H2,1-3H3,(H2,18,19,20);1H. The normalized spacial score (nSPS) is 26.7. The van der Waals surface area contributed by atoms with Crippen LogP contribution >= 0.6 is 35.7 Å². The van der Waals surface area contributed by atoms with E-state index in [0.29, 0.717) is 6.04 Å². The van der Waals surface area contributed by atoms with Crippen molar-refractivity contribution in [3.8, 4) is 0 Å². The number of rotatable bonds is 6. The van der Waals surface area contributed by atoms with Crippen molar-refractivity contribution in [1.29, 1.82) is 0 Å². The number of likely N-dealkylation sites (N-methyl/N-ethyl adjacent to an activating group) is 1. The molecule has 0 aromatic rings. The van der Waals surface area contributed by atoms with Crippen LogP contribution in [-0.2, 0) is 9.53 Å². The van der Waals surface area contributed by atoms with Gasteiger partial charge in [-0.15, -0.1) is 24.0 Å². The van der Waals surface area contributed by atoms with E-state index >= 15 is 0 Å². The average molecular weight is 484 g/mol. The van der Waals surface area contributed by atoms with Crippen molar-refractivity contribution in [3.63, 3.8) is 0 Å². The van der Waals surface area contributed by atoms with Crippen LogP contribution in [0.1, 0.15) is 38.5 Å². The zero-order chi connectivity index (χ0) is 17.4. The predicted octanol–water partition coefficient (Wildman–Crippen LogP) is 2.08. The van der Waals surface area contributed by atoms with Crippen LogP contribution in [0.4, 0.5) is 0 Å². The van der Waals surface area contributed by atoms with Gasteiger partial charge in [0.1, 0.15) is 6.54 Å². The van der Waals surface area contributed by atoms with Gasteiger partial charge in [0.05, 0.1) is 6.10 Å². The van der Waals surface area contributed by atoms with Gasteiger partial charge in [-0.3, -0.25) is 4.79 Å². The second kappa shape index (κ2) is 12.2. The van der Waals surface area contributed by atoms with E-state index in [1.807, 2.05) is 11.8 Å².